The molecule has 76 valence electrons. The Labute approximate surface area is 78.5 Å². The van der Waals surface area contributed by atoms with Crippen molar-refractivity contribution in [3.8, 4) is 0 Å². The van der Waals surface area contributed by atoms with Crippen LogP contribution >= 0.6 is 0 Å². The molecule has 0 radical (unpaired) electrons. The van der Waals surface area contributed by atoms with Crippen molar-refractivity contribution in [2.24, 2.45) is 5.92 Å². The minimum atomic E-state index is 0.182. The summed E-state index contributed by atoms with van der Waals surface area (Å²) in [6, 6.07) is 0. The molecule has 1 rings (SSSR count). The van der Waals surface area contributed by atoms with Gasteiger partial charge in [-0.1, -0.05) is 0 Å². The third-order valence-corrected chi connectivity index (χ3v) is 2.31. The third kappa shape index (κ3) is 2.97. The van der Waals surface area contributed by atoms with Gasteiger partial charge in [-0.15, -0.1) is 0 Å². The molecule has 1 N–H and O–H groups in total. The Kier molecular flexibility index (Phi) is 4.18. The van der Waals surface area contributed by atoms with E-state index in [1.54, 1.807) is 12.0 Å². The normalized spacial score (nSPS) is 17.2. The average molecular weight is 187 g/mol. The van der Waals surface area contributed by atoms with Crippen LogP contribution in [-0.4, -0.2) is 49.3 Å². The van der Waals surface area contributed by atoms with Gasteiger partial charge in [0.2, 0.25) is 5.91 Å². The topological polar surface area (TPSA) is 49.8 Å². The number of aliphatic hydroxyl groups excluding tert-OH is 1. The van der Waals surface area contributed by atoms with Crippen LogP contribution in [0.4, 0.5) is 0 Å². The van der Waals surface area contributed by atoms with Crippen molar-refractivity contribution in [1.29, 1.82) is 0 Å². The number of methoxy groups -OCH3 is 1. The minimum Gasteiger partial charge on any atom is -0.396 e. The third-order valence-electron chi connectivity index (χ3n) is 2.31. The number of carbonyl (C=O) groups excluding carboxylic acids is 1. The van der Waals surface area contributed by atoms with Gasteiger partial charge in [0.15, 0.2) is 0 Å². The van der Waals surface area contributed by atoms with Gasteiger partial charge in [-0.3, -0.25) is 4.79 Å². The van der Waals surface area contributed by atoms with Gasteiger partial charge in [-0.2, -0.15) is 0 Å². The SMILES string of the molecule is COCCCC(=O)N1CC(CO)C1. The van der Waals surface area contributed by atoms with Gasteiger partial charge < -0.3 is 14.7 Å². The van der Waals surface area contributed by atoms with Crippen molar-refractivity contribution in [3.63, 3.8) is 0 Å². The van der Waals surface area contributed by atoms with E-state index in [0.29, 0.717) is 18.9 Å². The molecule has 0 aromatic rings. The quantitative estimate of drug-likeness (QED) is 0.610. The highest BCUT2D eigenvalue weighted by Gasteiger charge is 2.29. The van der Waals surface area contributed by atoms with Gasteiger partial charge >= 0.3 is 0 Å². The van der Waals surface area contributed by atoms with E-state index < -0.39 is 0 Å². The van der Waals surface area contributed by atoms with Crippen LogP contribution in [0.1, 0.15) is 12.8 Å². The molecule has 4 heteroatoms. The molecular formula is C9H17NO3. The Bertz CT molecular complexity index is 166. The van der Waals surface area contributed by atoms with Crippen LogP contribution in [0.15, 0.2) is 0 Å². The lowest BCUT2D eigenvalue weighted by molar-refractivity contribution is -0.138. The molecule has 0 aromatic heterocycles. The second-order valence-electron chi connectivity index (χ2n) is 3.44. The van der Waals surface area contributed by atoms with E-state index >= 15 is 0 Å². The van der Waals surface area contributed by atoms with Crippen molar-refractivity contribution in [2.75, 3.05) is 33.4 Å². The first-order valence-electron chi connectivity index (χ1n) is 4.65. The first kappa shape index (κ1) is 10.5. The first-order valence-corrected chi connectivity index (χ1v) is 4.65. The first-order chi connectivity index (χ1) is 6.27. The number of aliphatic hydroxyl groups is 1. The molecule has 0 spiro atoms. The summed E-state index contributed by atoms with van der Waals surface area (Å²) in [5.74, 6) is 0.494. The molecule has 1 amide bonds. The van der Waals surface area contributed by atoms with E-state index in [-0.39, 0.29) is 12.5 Å². The van der Waals surface area contributed by atoms with Crippen LogP contribution in [0.5, 0.6) is 0 Å². The summed E-state index contributed by atoms with van der Waals surface area (Å²) in [5, 5.41) is 8.74. The van der Waals surface area contributed by atoms with E-state index in [2.05, 4.69) is 0 Å². The van der Waals surface area contributed by atoms with E-state index in [0.717, 1.165) is 19.5 Å². The number of rotatable bonds is 5. The van der Waals surface area contributed by atoms with Gasteiger partial charge in [0.1, 0.15) is 0 Å². The Morgan fingerprint density at radius 2 is 2.31 bits per heavy atom. The van der Waals surface area contributed by atoms with Crippen LogP contribution in [-0.2, 0) is 9.53 Å². The minimum absolute atomic E-state index is 0.182. The smallest absolute Gasteiger partial charge is 0.222 e. The van der Waals surface area contributed by atoms with Crippen molar-refractivity contribution in [1.82, 2.24) is 4.90 Å². The van der Waals surface area contributed by atoms with Crippen molar-refractivity contribution in [2.45, 2.75) is 12.8 Å². The molecule has 0 unspecified atom stereocenters. The zero-order chi connectivity index (χ0) is 9.68. The van der Waals surface area contributed by atoms with Crippen molar-refractivity contribution >= 4 is 5.91 Å². The van der Waals surface area contributed by atoms with E-state index in [4.69, 9.17) is 9.84 Å². The standard InChI is InChI=1S/C9H17NO3/c1-13-4-2-3-9(12)10-5-8(6-10)7-11/h8,11H,2-7H2,1H3. The van der Waals surface area contributed by atoms with Crippen LogP contribution in [0, 0.1) is 5.92 Å². The summed E-state index contributed by atoms with van der Waals surface area (Å²) >= 11 is 0. The summed E-state index contributed by atoms with van der Waals surface area (Å²) in [5.41, 5.74) is 0. The molecule has 0 aromatic carbocycles. The molecule has 1 aliphatic heterocycles. The largest absolute Gasteiger partial charge is 0.396 e. The summed E-state index contributed by atoms with van der Waals surface area (Å²) in [6.07, 6.45) is 1.35. The monoisotopic (exact) mass is 187 g/mol. The van der Waals surface area contributed by atoms with Crippen molar-refractivity contribution in [3.05, 3.63) is 0 Å². The maximum Gasteiger partial charge on any atom is 0.222 e. The fraction of sp³-hybridized carbons (Fsp3) is 0.889. The van der Waals surface area contributed by atoms with Gasteiger partial charge in [0.05, 0.1) is 0 Å². The lowest BCUT2D eigenvalue weighted by atomic mass is 10.0. The maximum atomic E-state index is 11.4. The Morgan fingerprint density at radius 3 is 2.85 bits per heavy atom. The zero-order valence-corrected chi connectivity index (χ0v) is 8.03. The predicted octanol–water partition coefficient (Wildman–Crippen LogP) is -0.136. The molecular weight excluding hydrogens is 170 g/mol. The summed E-state index contributed by atoms with van der Waals surface area (Å²) in [6.45, 7) is 2.29. The van der Waals surface area contributed by atoms with E-state index in [1.165, 1.54) is 0 Å². The molecule has 13 heavy (non-hydrogen) atoms. The number of ether oxygens (including phenoxy) is 1. The van der Waals surface area contributed by atoms with Gasteiger partial charge in [-0.05, 0) is 6.42 Å². The molecule has 0 atom stereocenters. The molecule has 1 aliphatic rings. The number of nitrogens with zero attached hydrogens (tertiary/aromatic N) is 1. The molecule has 0 bridgehead atoms. The van der Waals surface area contributed by atoms with Crippen LogP contribution in [0.3, 0.4) is 0 Å². The molecule has 0 aliphatic carbocycles. The number of carbonyl (C=O) groups is 1. The highest BCUT2D eigenvalue weighted by molar-refractivity contribution is 5.76. The predicted molar refractivity (Wildman–Crippen MR) is 48.3 cm³/mol. The van der Waals surface area contributed by atoms with E-state index in [9.17, 15) is 4.79 Å². The fourth-order valence-corrected chi connectivity index (χ4v) is 1.41. The lowest BCUT2D eigenvalue weighted by Crippen LogP contribution is -2.51. The summed E-state index contributed by atoms with van der Waals surface area (Å²) in [4.78, 5) is 13.1. The van der Waals surface area contributed by atoms with Gasteiger partial charge in [-0.25, -0.2) is 0 Å². The Balaban J connectivity index is 2.05. The number of hydrogen-bond donors (Lipinski definition) is 1. The zero-order valence-electron chi connectivity index (χ0n) is 8.03. The Hall–Kier alpha value is -0.610. The van der Waals surface area contributed by atoms with Gasteiger partial charge in [0, 0.05) is 45.8 Å². The second-order valence-corrected chi connectivity index (χ2v) is 3.44. The fourth-order valence-electron chi connectivity index (χ4n) is 1.41. The van der Waals surface area contributed by atoms with Gasteiger partial charge in [0.25, 0.3) is 0 Å². The Morgan fingerprint density at radius 1 is 1.62 bits per heavy atom. The van der Waals surface area contributed by atoms with Crippen LogP contribution < -0.4 is 0 Å². The molecule has 0 saturated carbocycles. The number of hydrogen-bond acceptors (Lipinski definition) is 3. The number of amides is 1. The summed E-state index contributed by atoms with van der Waals surface area (Å²) in [7, 11) is 1.63. The average Bonchev–Trinajstić information content (AvgIpc) is 2.03. The molecule has 1 fully saturated rings. The lowest BCUT2D eigenvalue weighted by Gasteiger charge is -2.38. The van der Waals surface area contributed by atoms with E-state index in [1.807, 2.05) is 0 Å². The summed E-state index contributed by atoms with van der Waals surface area (Å²) < 4.78 is 4.86. The molecule has 1 saturated heterocycles. The second kappa shape index (κ2) is 5.19. The van der Waals surface area contributed by atoms with Crippen molar-refractivity contribution < 1.29 is 14.6 Å². The van der Waals surface area contributed by atoms with Crippen LogP contribution in [0.25, 0.3) is 0 Å². The number of likely N-dealkylation sites (tertiary alicyclic amines) is 1. The maximum absolute atomic E-state index is 11.4. The van der Waals surface area contributed by atoms with Crippen LogP contribution in [0.2, 0.25) is 0 Å². The highest BCUT2D eigenvalue weighted by atomic mass is 16.5. The molecule has 4 nitrogen and oxygen atoms in total. The highest BCUT2D eigenvalue weighted by Crippen LogP contribution is 2.15. The molecule has 1 heterocycles.